The van der Waals surface area contributed by atoms with Gasteiger partial charge in [-0.15, -0.1) is 0 Å². The number of fused-ring (bicyclic) bond motifs is 1. The molecule has 0 radical (unpaired) electrons. The van der Waals surface area contributed by atoms with Crippen LogP contribution in [0, 0.1) is 41.4 Å². The van der Waals surface area contributed by atoms with Crippen LogP contribution in [0.4, 0.5) is 0 Å². The molecule has 0 spiro atoms. The third-order valence-corrected chi connectivity index (χ3v) is 20.2. The van der Waals surface area contributed by atoms with Crippen LogP contribution < -0.4 is 0 Å². The number of allylic oxidation sites excluding steroid dienone is 1. The second-order valence-electron chi connectivity index (χ2n) is 23.8. The molecule has 7 N–H and O–H groups in total. The number of carboxylic acid groups (broad SMARTS) is 1. The molecule has 0 aromatic heterocycles. The van der Waals surface area contributed by atoms with Gasteiger partial charge in [-0.05, 0) is 70.9 Å². The number of hydrogen-bond donors (Lipinski definition) is 7. The zero-order valence-electron chi connectivity index (χ0n) is 59.8. The van der Waals surface area contributed by atoms with Gasteiger partial charge in [-0.3, -0.25) is 28.8 Å². The quantitative estimate of drug-likeness (QED) is 0.0354. The first kappa shape index (κ1) is 103. The van der Waals surface area contributed by atoms with Gasteiger partial charge < -0.3 is 102 Å². The van der Waals surface area contributed by atoms with Gasteiger partial charge in [0.05, 0.1) is 40.1 Å². The van der Waals surface area contributed by atoms with E-state index in [1.807, 2.05) is 41.5 Å². The van der Waals surface area contributed by atoms with Crippen LogP contribution in [0.15, 0.2) is 11.8 Å². The number of carboxylic acids is 1. The standard InChI is InChI=1S/C17H27BrO8.C17H26O8.C17H26O7.C10H18O8.CH4.S4.S3.S2/c1-7-12(24-10(4)19)14(25-11(5)20)13-8(2)9(3)15(21)17(18,26-13)16(22)23-6;1-7-12(22-10(4)18)14(23-11(5)19)13-8(2)9(3)15-17(24-13,25-15)16(20)21-6;1-7-13(22-11(4)18)16(23-12(5)19)15-10(3)9(2)8-14(24-15)17(20)21-6;1-4-5(12)2-10(17,9(15)16)18-8(4)7(14)6(13)3-11;;1-3-4-2;1-3-2;1-2/h8-9,12-15,21H,7H2,1-6H3;8-9,12-15H,7H2,1-6H3;8-10,13,15-16H,7H2,1-6H3;4-8,11-14,17H,2-3H2,1H3,(H,15,16);1H4;;;/t8-,9+,12-,13?,14-,15?,17+;8-,9+,12-,13?,14-,15?,17?;9-,10-,13-,15?,16-;4-,5-,6-,7-,8?,10+;;;;/m1111..../s1. The van der Waals surface area contributed by atoms with Crippen LogP contribution in [-0.4, -0.2) is 231 Å². The Labute approximate surface area is 647 Å². The minimum atomic E-state index is -2.62. The number of aliphatic hydroxyl groups excluding tert-OH is 5. The summed E-state index contributed by atoms with van der Waals surface area (Å²) in [5, 5.41) is 66.4. The van der Waals surface area contributed by atoms with E-state index in [1.165, 1.54) is 87.6 Å². The fraction of sp³-hybridized carbons (Fsp3) is 0.806. The van der Waals surface area contributed by atoms with Gasteiger partial charge >= 0.3 is 59.7 Å². The molecule has 41 heteroatoms. The van der Waals surface area contributed by atoms with E-state index in [-0.39, 0.29) is 42.8 Å². The number of esters is 9. The molecule has 5 rings (SSSR count). The van der Waals surface area contributed by atoms with Gasteiger partial charge in [0.15, 0.2) is 18.3 Å². The van der Waals surface area contributed by atoms with Crippen molar-refractivity contribution in [3.63, 3.8) is 0 Å². The number of aliphatic hydroxyl groups is 6. The lowest BCUT2D eigenvalue weighted by molar-refractivity contribution is -0.302. The van der Waals surface area contributed by atoms with Crippen LogP contribution in [0.1, 0.15) is 144 Å². The summed E-state index contributed by atoms with van der Waals surface area (Å²) in [4.78, 5) is 116. The van der Waals surface area contributed by atoms with Gasteiger partial charge in [-0.25, -0.2) is 19.2 Å². The highest BCUT2D eigenvalue weighted by atomic mass is 79.9. The number of carbonyl (C=O) groups is 10. The van der Waals surface area contributed by atoms with Gasteiger partial charge in [0.25, 0.3) is 11.6 Å². The van der Waals surface area contributed by atoms with Gasteiger partial charge in [-0.2, -0.15) is 0 Å². The molecule has 103 heavy (non-hydrogen) atoms. The number of aliphatic carboxylic acids is 1. The molecule has 0 aliphatic carbocycles. The number of hydrogen-bond acceptors (Lipinski definition) is 36. The van der Waals surface area contributed by atoms with Gasteiger partial charge in [0.2, 0.25) is 10.3 Å². The Morgan fingerprint density at radius 3 is 1.28 bits per heavy atom. The van der Waals surface area contributed by atoms with Crippen LogP contribution in [0.5, 0.6) is 0 Å². The fourth-order valence-electron chi connectivity index (χ4n) is 11.2. The Kier molecular flexibility index (Phi) is 50.3. The molecule has 25 atom stereocenters. The first-order chi connectivity index (χ1) is 47.4. The van der Waals surface area contributed by atoms with E-state index in [9.17, 15) is 73.5 Å². The summed E-state index contributed by atoms with van der Waals surface area (Å²) in [5.41, 5.74) is 0. The number of carbonyl (C=O) groups excluding carboxylic acids is 9. The largest absolute Gasteiger partial charge is 0.479 e. The molecule has 0 amide bonds. The number of methoxy groups -OCH3 is 3. The number of epoxide rings is 1. The summed E-state index contributed by atoms with van der Waals surface area (Å²) < 4.78 is 72.6. The van der Waals surface area contributed by atoms with Gasteiger partial charge in [-0.1, -0.05) is 76.7 Å². The van der Waals surface area contributed by atoms with Crippen molar-refractivity contribution in [2.45, 2.75) is 252 Å². The minimum absolute atomic E-state index is 0. The predicted octanol–water partition coefficient (Wildman–Crippen LogP) is 2.62. The fourth-order valence-corrected chi connectivity index (χ4v) is 12.0. The number of ether oxygens (including phenoxy) is 14. The van der Waals surface area contributed by atoms with Crippen molar-refractivity contribution in [3.05, 3.63) is 11.8 Å². The van der Waals surface area contributed by atoms with E-state index in [1.54, 1.807) is 26.8 Å². The van der Waals surface area contributed by atoms with Crippen molar-refractivity contribution in [1.82, 2.24) is 0 Å². The average Bonchev–Trinajstić information content (AvgIpc) is 1.55. The Morgan fingerprint density at radius 2 is 0.942 bits per heavy atom. The normalized spacial score (nSPS) is 30.5. The van der Waals surface area contributed by atoms with E-state index in [0.29, 0.717) is 19.3 Å². The number of halogens is 1. The predicted molar refractivity (Wildman–Crippen MR) is 393 cm³/mol. The Bertz CT molecular complexity index is 2910. The van der Waals surface area contributed by atoms with E-state index < -0.39 is 192 Å². The van der Waals surface area contributed by atoms with Crippen molar-refractivity contribution >= 4 is 169 Å². The first-order valence-corrected chi connectivity index (χ1v) is 40.3. The monoisotopic (exact) mass is 1710 g/mol. The highest BCUT2D eigenvalue weighted by molar-refractivity contribution is 9.10. The average molecular weight is 1710 g/mol. The third-order valence-electron chi connectivity index (χ3n) is 17.0. The van der Waals surface area contributed by atoms with Crippen LogP contribution in [-0.2, 0) is 208 Å². The molecular weight excluding hydrogens is 1610 g/mol. The van der Waals surface area contributed by atoms with E-state index in [0.717, 1.165) is 8.88 Å². The summed E-state index contributed by atoms with van der Waals surface area (Å²) in [7, 11) is 6.96. The highest BCUT2D eigenvalue weighted by Gasteiger charge is 2.73. The summed E-state index contributed by atoms with van der Waals surface area (Å²) >= 11 is 27.4. The SMILES string of the molecule is C.CC[C@@H](OC(C)=O)[C@@H](OC(C)=O)C1OC(C(=O)OC)=C[C@@H](C)[C@H]1C.CC[C@@H](OC(C)=O)[C@@H](OC(C)=O)C1OC2(C(=O)OC)OC2[C@@H](C)[C@H]1C.CC[C@@H](OC(C)=O)[C@@H](OC(C)=O)C1O[C@](Br)(C(=O)OC)C(O)[C@@H](C)[C@H]1C.C[C@H]1C([C@H](O)[C@H](O)CO)O[C@](O)(C(=O)O)C[C@H]1O.S=S.S=S=S.S=S=S=S. The zero-order valence-corrected chi connectivity index (χ0v) is 68.7. The smallest absolute Gasteiger partial charge is 0.372 e. The highest BCUT2D eigenvalue weighted by Crippen LogP contribution is 2.53. The number of rotatable bonds is 22. The molecule has 596 valence electrons. The topological polar surface area (TPSA) is 445 Å². The lowest BCUT2D eigenvalue weighted by Crippen LogP contribution is -2.63. The van der Waals surface area contributed by atoms with Crippen molar-refractivity contribution in [1.29, 1.82) is 0 Å². The Balaban J connectivity index is -0.00000125. The molecule has 4 fully saturated rings. The molecule has 0 bridgehead atoms. The molecule has 0 saturated carbocycles. The molecule has 4 saturated heterocycles. The first-order valence-electron chi connectivity index (χ1n) is 31.5. The van der Waals surface area contributed by atoms with Crippen LogP contribution >= 0.6 is 15.9 Å². The van der Waals surface area contributed by atoms with Crippen molar-refractivity contribution in [2.24, 2.45) is 41.4 Å². The molecule has 0 aromatic rings. The maximum atomic E-state index is 12.2. The van der Waals surface area contributed by atoms with Crippen molar-refractivity contribution in [2.75, 3.05) is 27.9 Å². The number of alkyl halides is 1. The maximum Gasteiger partial charge on any atom is 0.372 e. The zero-order chi connectivity index (χ0) is 79.8. The van der Waals surface area contributed by atoms with Crippen molar-refractivity contribution in [3.8, 4) is 0 Å². The maximum absolute atomic E-state index is 12.2. The second-order valence-corrected chi connectivity index (χ2v) is 30.3. The molecule has 7 unspecified atom stereocenters. The minimum Gasteiger partial charge on any atom is -0.479 e. The van der Waals surface area contributed by atoms with E-state index in [4.69, 9.17) is 76.5 Å². The molecule has 0 aromatic carbocycles. The van der Waals surface area contributed by atoms with Crippen LogP contribution in [0.3, 0.4) is 0 Å². The van der Waals surface area contributed by atoms with E-state index >= 15 is 0 Å². The van der Waals surface area contributed by atoms with Crippen LogP contribution in [0.25, 0.3) is 0 Å². The van der Waals surface area contributed by atoms with Gasteiger partial charge in [0, 0.05) is 154 Å². The molecule has 31 nitrogen and oxygen atoms in total. The Morgan fingerprint density at radius 1 is 0.563 bits per heavy atom. The molecular formula is C62H101BrO31S9. The summed E-state index contributed by atoms with van der Waals surface area (Å²) in [6.45, 7) is 25.0. The molecule has 5 aliphatic rings. The third kappa shape index (κ3) is 30.7. The van der Waals surface area contributed by atoms with Gasteiger partial charge in [0.1, 0.15) is 61.0 Å². The summed E-state index contributed by atoms with van der Waals surface area (Å²) in [5.74, 6) is -12.5. The lowest BCUT2D eigenvalue weighted by atomic mass is 9.78. The van der Waals surface area contributed by atoms with Crippen molar-refractivity contribution < 1.29 is 150 Å². The Hall–Kier alpha value is -3.70. The van der Waals surface area contributed by atoms with E-state index in [2.05, 4.69) is 83.1 Å². The van der Waals surface area contributed by atoms with Crippen LogP contribution in [0.2, 0.25) is 0 Å². The summed E-state index contributed by atoms with van der Waals surface area (Å²) in [6.07, 6.45) is -11.8. The lowest BCUT2D eigenvalue weighted by Gasteiger charge is -2.48. The molecule has 5 aliphatic heterocycles. The second kappa shape index (κ2) is 50.1. The summed E-state index contributed by atoms with van der Waals surface area (Å²) in [6, 6.07) is 0. The molecule has 5 heterocycles.